The molecule has 2 aliphatic carbocycles. The van der Waals surface area contributed by atoms with Crippen LogP contribution in [0.2, 0.25) is 0 Å². The van der Waals surface area contributed by atoms with Gasteiger partial charge in [0.05, 0.1) is 5.60 Å². The SMILES string of the molecule is CCCC1CC1(O)C1C(C)(C)C1(C)C. The third-order valence-electron chi connectivity index (χ3n) is 5.28. The van der Waals surface area contributed by atoms with Gasteiger partial charge in [-0.3, -0.25) is 0 Å². The van der Waals surface area contributed by atoms with E-state index in [0.29, 0.717) is 22.7 Å². The zero-order valence-corrected chi connectivity index (χ0v) is 10.2. The summed E-state index contributed by atoms with van der Waals surface area (Å²) in [6, 6.07) is 0. The topological polar surface area (TPSA) is 20.2 Å². The molecule has 2 atom stereocenters. The number of rotatable bonds is 3. The van der Waals surface area contributed by atoms with Crippen molar-refractivity contribution in [2.24, 2.45) is 22.7 Å². The number of hydrogen-bond donors (Lipinski definition) is 1. The van der Waals surface area contributed by atoms with E-state index >= 15 is 0 Å². The molecular formula is C13H24O. The Morgan fingerprint density at radius 3 is 2.00 bits per heavy atom. The van der Waals surface area contributed by atoms with Crippen LogP contribution in [0.1, 0.15) is 53.9 Å². The lowest BCUT2D eigenvalue weighted by atomic mass is 10.0. The van der Waals surface area contributed by atoms with Crippen LogP contribution in [-0.2, 0) is 0 Å². The Bertz CT molecular complexity index is 240. The zero-order chi connectivity index (χ0) is 10.8. The highest BCUT2D eigenvalue weighted by Crippen LogP contribution is 2.78. The van der Waals surface area contributed by atoms with E-state index in [9.17, 15) is 5.11 Å². The van der Waals surface area contributed by atoms with Gasteiger partial charge in [-0.1, -0.05) is 41.0 Å². The molecule has 1 nitrogen and oxygen atoms in total. The molecule has 14 heavy (non-hydrogen) atoms. The Morgan fingerprint density at radius 2 is 1.64 bits per heavy atom. The van der Waals surface area contributed by atoms with E-state index in [-0.39, 0.29) is 5.60 Å². The van der Waals surface area contributed by atoms with Gasteiger partial charge in [0.2, 0.25) is 0 Å². The van der Waals surface area contributed by atoms with Crippen LogP contribution in [0.4, 0.5) is 0 Å². The van der Waals surface area contributed by atoms with E-state index in [1.54, 1.807) is 0 Å². The lowest BCUT2D eigenvalue weighted by Gasteiger charge is -2.12. The quantitative estimate of drug-likeness (QED) is 0.735. The van der Waals surface area contributed by atoms with Gasteiger partial charge in [0.15, 0.2) is 0 Å². The molecule has 0 saturated heterocycles. The van der Waals surface area contributed by atoms with Crippen molar-refractivity contribution in [3.63, 3.8) is 0 Å². The van der Waals surface area contributed by atoms with Crippen LogP contribution in [0.25, 0.3) is 0 Å². The smallest absolute Gasteiger partial charge is 0.0719 e. The summed E-state index contributed by atoms with van der Waals surface area (Å²) in [5.74, 6) is 1.12. The minimum absolute atomic E-state index is 0.303. The molecule has 2 saturated carbocycles. The summed E-state index contributed by atoms with van der Waals surface area (Å²) < 4.78 is 0. The van der Waals surface area contributed by atoms with E-state index in [0.717, 1.165) is 6.42 Å². The highest BCUT2D eigenvalue weighted by atomic mass is 16.3. The maximum atomic E-state index is 10.5. The molecular weight excluding hydrogens is 172 g/mol. The maximum absolute atomic E-state index is 10.5. The third kappa shape index (κ3) is 1.05. The second-order valence-corrected chi connectivity index (χ2v) is 6.56. The first kappa shape index (κ1) is 10.5. The molecule has 2 aliphatic rings. The fourth-order valence-electron chi connectivity index (χ4n) is 3.84. The van der Waals surface area contributed by atoms with Gasteiger partial charge >= 0.3 is 0 Å². The van der Waals surface area contributed by atoms with Crippen molar-refractivity contribution in [3.05, 3.63) is 0 Å². The van der Waals surface area contributed by atoms with Crippen LogP contribution in [0, 0.1) is 22.7 Å². The van der Waals surface area contributed by atoms with Crippen molar-refractivity contribution in [3.8, 4) is 0 Å². The van der Waals surface area contributed by atoms with Gasteiger partial charge in [-0.2, -0.15) is 0 Å². The molecule has 0 radical (unpaired) electrons. The summed E-state index contributed by atoms with van der Waals surface area (Å²) in [5.41, 5.74) is 0.373. The zero-order valence-electron chi connectivity index (χ0n) is 10.2. The third-order valence-corrected chi connectivity index (χ3v) is 5.28. The monoisotopic (exact) mass is 196 g/mol. The lowest BCUT2D eigenvalue weighted by molar-refractivity contribution is 0.0841. The summed E-state index contributed by atoms with van der Waals surface area (Å²) in [6.07, 6.45) is 3.47. The fourth-order valence-corrected chi connectivity index (χ4v) is 3.84. The van der Waals surface area contributed by atoms with Crippen molar-refractivity contribution in [1.82, 2.24) is 0 Å². The van der Waals surface area contributed by atoms with E-state index in [2.05, 4.69) is 34.6 Å². The van der Waals surface area contributed by atoms with Crippen molar-refractivity contribution in [1.29, 1.82) is 0 Å². The Kier molecular flexibility index (Phi) is 1.91. The normalized spacial score (nSPS) is 43.7. The molecule has 2 fully saturated rings. The van der Waals surface area contributed by atoms with E-state index in [4.69, 9.17) is 0 Å². The number of hydrogen-bond acceptors (Lipinski definition) is 1. The number of aliphatic hydroxyl groups is 1. The van der Waals surface area contributed by atoms with Crippen LogP contribution in [0.5, 0.6) is 0 Å². The van der Waals surface area contributed by atoms with Gasteiger partial charge in [0.25, 0.3) is 0 Å². The summed E-state index contributed by atoms with van der Waals surface area (Å²) in [7, 11) is 0. The fraction of sp³-hybridized carbons (Fsp3) is 1.00. The minimum Gasteiger partial charge on any atom is -0.389 e. The molecule has 2 unspecified atom stereocenters. The standard InChI is InChI=1S/C13H24O/c1-6-7-9-8-13(9,14)10-11(2,3)12(10,4)5/h9-10,14H,6-8H2,1-5H3. The molecule has 0 aromatic heterocycles. The minimum atomic E-state index is -0.303. The van der Waals surface area contributed by atoms with E-state index in [1.165, 1.54) is 12.8 Å². The van der Waals surface area contributed by atoms with Gasteiger partial charge in [0.1, 0.15) is 0 Å². The van der Waals surface area contributed by atoms with Crippen LogP contribution in [-0.4, -0.2) is 10.7 Å². The van der Waals surface area contributed by atoms with Crippen molar-refractivity contribution >= 4 is 0 Å². The first-order valence-corrected chi connectivity index (χ1v) is 6.01. The average molecular weight is 196 g/mol. The molecule has 0 amide bonds. The molecule has 0 spiro atoms. The largest absolute Gasteiger partial charge is 0.389 e. The predicted molar refractivity (Wildman–Crippen MR) is 59.0 cm³/mol. The van der Waals surface area contributed by atoms with Crippen LogP contribution in [0.3, 0.4) is 0 Å². The molecule has 0 aromatic rings. The van der Waals surface area contributed by atoms with Gasteiger partial charge in [-0.25, -0.2) is 0 Å². The van der Waals surface area contributed by atoms with E-state index in [1.807, 2.05) is 0 Å². The Labute approximate surface area is 87.9 Å². The summed E-state index contributed by atoms with van der Waals surface area (Å²) in [4.78, 5) is 0. The molecule has 1 N–H and O–H groups in total. The second kappa shape index (κ2) is 2.55. The van der Waals surface area contributed by atoms with Gasteiger partial charge in [0, 0.05) is 0 Å². The summed E-state index contributed by atoms with van der Waals surface area (Å²) in [6.45, 7) is 11.4. The van der Waals surface area contributed by atoms with Crippen LogP contribution >= 0.6 is 0 Å². The van der Waals surface area contributed by atoms with Crippen molar-refractivity contribution in [2.75, 3.05) is 0 Å². The first-order chi connectivity index (χ1) is 6.28. The lowest BCUT2D eigenvalue weighted by Crippen LogP contribution is -2.18. The maximum Gasteiger partial charge on any atom is 0.0719 e. The Hall–Kier alpha value is -0.0400. The second-order valence-electron chi connectivity index (χ2n) is 6.56. The molecule has 0 aliphatic heterocycles. The molecule has 82 valence electrons. The van der Waals surface area contributed by atoms with Gasteiger partial charge in [-0.05, 0) is 35.5 Å². The van der Waals surface area contributed by atoms with Crippen LogP contribution in [0.15, 0.2) is 0 Å². The Morgan fingerprint density at radius 1 is 1.14 bits per heavy atom. The van der Waals surface area contributed by atoms with Crippen molar-refractivity contribution in [2.45, 2.75) is 59.5 Å². The molecule has 0 heterocycles. The highest BCUT2D eigenvalue weighted by molar-refractivity contribution is 5.26. The van der Waals surface area contributed by atoms with Gasteiger partial charge < -0.3 is 5.11 Å². The van der Waals surface area contributed by atoms with Gasteiger partial charge in [-0.15, -0.1) is 0 Å². The van der Waals surface area contributed by atoms with Crippen molar-refractivity contribution < 1.29 is 5.11 Å². The highest BCUT2D eigenvalue weighted by Gasteiger charge is 2.77. The van der Waals surface area contributed by atoms with E-state index < -0.39 is 0 Å². The molecule has 1 heteroatoms. The Balaban J connectivity index is 2.07. The average Bonchev–Trinajstić information content (AvgIpc) is 2.72. The molecule has 0 bridgehead atoms. The molecule has 0 aromatic carbocycles. The van der Waals surface area contributed by atoms with Crippen LogP contribution < -0.4 is 0 Å². The summed E-state index contributed by atoms with van der Waals surface area (Å²) >= 11 is 0. The first-order valence-electron chi connectivity index (χ1n) is 6.01. The predicted octanol–water partition coefficient (Wildman–Crippen LogP) is 3.22. The summed E-state index contributed by atoms with van der Waals surface area (Å²) in [5, 5.41) is 10.5. The molecule has 2 rings (SSSR count).